The normalized spacial score (nSPS) is 12.3. The highest BCUT2D eigenvalue weighted by atomic mass is 32.2. The average molecular weight is 312 g/mol. The van der Waals surface area contributed by atoms with E-state index in [-0.39, 0.29) is 24.6 Å². The van der Waals surface area contributed by atoms with Gasteiger partial charge in [0.2, 0.25) is 0 Å². The fourth-order valence-corrected chi connectivity index (χ4v) is 2.83. The van der Waals surface area contributed by atoms with Gasteiger partial charge in [-0.05, 0) is 37.1 Å². The zero-order chi connectivity index (χ0) is 13.7. The van der Waals surface area contributed by atoms with Crippen LogP contribution in [0.25, 0.3) is 0 Å². The van der Waals surface area contributed by atoms with Crippen LogP contribution in [-0.4, -0.2) is 29.3 Å². The van der Waals surface area contributed by atoms with Crippen LogP contribution in [-0.2, 0) is 16.0 Å². The molecule has 0 amide bonds. The van der Waals surface area contributed by atoms with Crippen LogP contribution < -0.4 is 5.32 Å². The number of rotatable bonds is 4. The maximum atomic E-state index is 11.4. The van der Waals surface area contributed by atoms with Crippen molar-refractivity contribution in [2.75, 3.05) is 17.7 Å². The number of esters is 1. The van der Waals surface area contributed by atoms with E-state index >= 15 is 0 Å². The monoisotopic (exact) mass is 312 g/mol. The standard InChI is InChI=1S/C14H14N2O2S.2H2O.H2/c1-2-18-14(17)11(8-15)9-16-12-3-4-13-10(7-12)5-6-19-13;;;/h3-4,7,9,16H,2,5-6H2,1H3;2*1H2;1H/b11-9-;;;. The summed E-state index contributed by atoms with van der Waals surface area (Å²) in [5, 5.41) is 11.9. The van der Waals surface area contributed by atoms with Gasteiger partial charge in [-0.1, -0.05) is 0 Å². The topological polar surface area (TPSA) is 125 Å². The van der Waals surface area contributed by atoms with Gasteiger partial charge in [-0.15, -0.1) is 11.8 Å². The summed E-state index contributed by atoms with van der Waals surface area (Å²) in [6, 6.07) is 7.87. The number of aryl methyl sites for hydroxylation is 1. The van der Waals surface area contributed by atoms with E-state index in [1.54, 1.807) is 6.92 Å². The summed E-state index contributed by atoms with van der Waals surface area (Å²) in [4.78, 5) is 12.7. The molecular formula is C14H20N2O4S. The fraction of sp³-hybridized carbons (Fsp3) is 0.286. The summed E-state index contributed by atoms with van der Waals surface area (Å²) in [6.07, 6.45) is 2.45. The zero-order valence-corrected chi connectivity index (χ0v) is 12.4. The van der Waals surface area contributed by atoms with E-state index in [4.69, 9.17) is 10.00 Å². The van der Waals surface area contributed by atoms with Gasteiger partial charge in [-0.25, -0.2) is 4.79 Å². The molecule has 0 saturated heterocycles. The lowest BCUT2D eigenvalue weighted by Crippen LogP contribution is -2.07. The Morgan fingerprint density at radius 3 is 3.00 bits per heavy atom. The molecule has 0 aromatic heterocycles. The predicted molar refractivity (Wildman–Crippen MR) is 84.2 cm³/mol. The second kappa shape index (κ2) is 9.02. The molecule has 0 unspecified atom stereocenters. The van der Waals surface area contributed by atoms with E-state index in [2.05, 4.69) is 11.4 Å². The van der Waals surface area contributed by atoms with Crippen molar-refractivity contribution in [1.29, 1.82) is 5.26 Å². The summed E-state index contributed by atoms with van der Waals surface area (Å²) in [6.45, 7) is 1.96. The highest BCUT2D eigenvalue weighted by Gasteiger charge is 2.12. The Labute approximate surface area is 128 Å². The SMILES string of the molecule is CCOC(=O)/C(C#N)=C\Nc1ccc2c(c1)CCS2.O.O.[HH]. The Balaban J connectivity index is 0. The van der Waals surface area contributed by atoms with Gasteiger partial charge in [-0.3, -0.25) is 0 Å². The van der Waals surface area contributed by atoms with Crippen molar-refractivity contribution in [2.24, 2.45) is 0 Å². The van der Waals surface area contributed by atoms with Crippen molar-refractivity contribution >= 4 is 23.4 Å². The van der Waals surface area contributed by atoms with E-state index in [1.807, 2.05) is 30.0 Å². The molecule has 116 valence electrons. The first-order valence-electron chi connectivity index (χ1n) is 6.04. The summed E-state index contributed by atoms with van der Waals surface area (Å²) < 4.78 is 4.78. The van der Waals surface area contributed by atoms with E-state index in [9.17, 15) is 4.79 Å². The highest BCUT2D eigenvalue weighted by molar-refractivity contribution is 7.99. The molecule has 1 heterocycles. The number of hydrogen-bond donors (Lipinski definition) is 1. The summed E-state index contributed by atoms with van der Waals surface area (Å²) in [5.41, 5.74) is 2.15. The third-order valence-corrected chi connectivity index (χ3v) is 3.81. The van der Waals surface area contributed by atoms with Crippen molar-refractivity contribution in [1.82, 2.24) is 0 Å². The molecular weight excluding hydrogens is 292 g/mol. The second-order valence-electron chi connectivity index (χ2n) is 3.96. The molecule has 0 spiro atoms. The van der Waals surface area contributed by atoms with Crippen LogP contribution in [0.3, 0.4) is 0 Å². The number of benzene rings is 1. The van der Waals surface area contributed by atoms with E-state index in [1.165, 1.54) is 16.7 Å². The van der Waals surface area contributed by atoms with Crippen LogP contribution in [0.5, 0.6) is 0 Å². The summed E-state index contributed by atoms with van der Waals surface area (Å²) in [5.74, 6) is 0.509. The molecule has 1 aromatic carbocycles. The van der Waals surface area contributed by atoms with Gasteiger partial charge in [0.15, 0.2) is 5.57 Å². The van der Waals surface area contributed by atoms with Crippen molar-refractivity contribution in [3.05, 3.63) is 35.5 Å². The third kappa shape index (κ3) is 4.79. The zero-order valence-electron chi connectivity index (χ0n) is 11.6. The van der Waals surface area contributed by atoms with E-state index in [0.717, 1.165) is 17.9 Å². The molecule has 0 radical (unpaired) electrons. The van der Waals surface area contributed by atoms with Gasteiger partial charge in [0.1, 0.15) is 6.07 Å². The molecule has 0 bridgehead atoms. The number of carbonyl (C=O) groups excluding carboxylic acids is 1. The smallest absolute Gasteiger partial charge is 0.350 e. The number of carbonyl (C=O) groups is 1. The first-order valence-corrected chi connectivity index (χ1v) is 7.02. The Kier molecular flexibility index (Phi) is 8.16. The van der Waals surface area contributed by atoms with E-state index < -0.39 is 5.97 Å². The maximum absolute atomic E-state index is 11.4. The predicted octanol–water partition coefficient (Wildman–Crippen LogP) is 1.31. The number of thioether (sulfide) groups is 1. The Hall–Kier alpha value is -2.01. The van der Waals surface area contributed by atoms with Crippen molar-refractivity contribution in [2.45, 2.75) is 18.2 Å². The van der Waals surface area contributed by atoms with Crippen LogP contribution in [0, 0.1) is 11.3 Å². The van der Waals surface area contributed by atoms with Crippen molar-refractivity contribution < 1.29 is 21.9 Å². The molecule has 2 rings (SSSR count). The Morgan fingerprint density at radius 2 is 2.33 bits per heavy atom. The van der Waals surface area contributed by atoms with Gasteiger partial charge >= 0.3 is 5.97 Å². The van der Waals surface area contributed by atoms with Crippen LogP contribution in [0.2, 0.25) is 0 Å². The van der Waals surface area contributed by atoms with Crippen LogP contribution in [0.1, 0.15) is 13.9 Å². The molecule has 0 aliphatic carbocycles. The number of ether oxygens (including phenoxy) is 1. The average Bonchev–Trinajstić information content (AvgIpc) is 2.87. The summed E-state index contributed by atoms with van der Waals surface area (Å²) in [7, 11) is 0. The molecule has 7 heteroatoms. The van der Waals surface area contributed by atoms with Crippen molar-refractivity contribution in [3.63, 3.8) is 0 Å². The third-order valence-electron chi connectivity index (χ3n) is 2.69. The lowest BCUT2D eigenvalue weighted by molar-refractivity contribution is -0.138. The number of fused-ring (bicyclic) bond motifs is 1. The quantitative estimate of drug-likeness (QED) is 0.509. The second-order valence-corrected chi connectivity index (χ2v) is 5.09. The molecule has 0 atom stereocenters. The largest absolute Gasteiger partial charge is 0.462 e. The minimum Gasteiger partial charge on any atom is -0.462 e. The molecule has 21 heavy (non-hydrogen) atoms. The highest BCUT2D eigenvalue weighted by Crippen LogP contribution is 2.32. The van der Waals surface area contributed by atoms with Gasteiger partial charge < -0.3 is 21.0 Å². The first kappa shape index (κ1) is 19.0. The lowest BCUT2D eigenvalue weighted by Gasteiger charge is -2.05. The molecule has 1 aliphatic heterocycles. The van der Waals surface area contributed by atoms with E-state index in [0.29, 0.717) is 0 Å². The van der Waals surface area contributed by atoms with Gasteiger partial charge in [0.05, 0.1) is 6.61 Å². The lowest BCUT2D eigenvalue weighted by atomic mass is 10.1. The van der Waals surface area contributed by atoms with Gasteiger partial charge in [0.25, 0.3) is 0 Å². The minimum atomic E-state index is -0.603. The molecule has 0 fully saturated rings. The number of nitriles is 1. The number of nitrogens with one attached hydrogen (secondary N) is 1. The summed E-state index contributed by atoms with van der Waals surface area (Å²) >= 11 is 1.85. The van der Waals surface area contributed by atoms with Crippen LogP contribution in [0.15, 0.2) is 34.9 Å². The number of anilines is 1. The van der Waals surface area contributed by atoms with Crippen LogP contribution in [0.4, 0.5) is 5.69 Å². The van der Waals surface area contributed by atoms with Crippen molar-refractivity contribution in [3.8, 4) is 6.07 Å². The number of hydrogen-bond acceptors (Lipinski definition) is 5. The van der Waals surface area contributed by atoms with Gasteiger partial charge in [0, 0.05) is 24.0 Å². The fourth-order valence-electron chi connectivity index (χ4n) is 1.78. The molecule has 0 saturated carbocycles. The molecule has 5 N–H and O–H groups in total. The van der Waals surface area contributed by atoms with Gasteiger partial charge in [-0.2, -0.15) is 5.26 Å². The van der Waals surface area contributed by atoms with Crippen LogP contribution >= 0.6 is 11.8 Å². The molecule has 1 aliphatic rings. The molecule has 1 aromatic rings. The maximum Gasteiger partial charge on any atom is 0.350 e. The number of nitrogens with zero attached hydrogens (tertiary/aromatic N) is 1. The minimum absolute atomic E-state index is 0. The Morgan fingerprint density at radius 1 is 1.57 bits per heavy atom. The Bertz CT molecular complexity index is 572. The first-order chi connectivity index (χ1) is 9.24. The molecule has 6 nitrogen and oxygen atoms in total.